The van der Waals surface area contributed by atoms with Crippen LogP contribution in [0.15, 0.2) is 39.6 Å². The van der Waals surface area contributed by atoms with Gasteiger partial charge >= 0.3 is 0 Å². The molecule has 0 bridgehead atoms. The van der Waals surface area contributed by atoms with Gasteiger partial charge in [-0.1, -0.05) is 41.3 Å². The molecular formula is C14H17N3OS3. The number of rotatable bonds is 6. The van der Waals surface area contributed by atoms with E-state index >= 15 is 0 Å². The number of hydrogen-bond acceptors (Lipinski definition) is 7. The maximum absolute atomic E-state index is 5.36. The molecule has 2 heterocycles. The zero-order chi connectivity index (χ0) is 14.3. The van der Waals surface area contributed by atoms with Crippen LogP contribution in [0.25, 0.3) is 0 Å². The minimum Gasteiger partial charge on any atom is -0.378 e. The summed E-state index contributed by atoms with van der Waals surface area (Å²) >= 11 is 5.36. The maximum atomic E-state index is 5.36. The second-order valence-electron chi connectivity index (χ2n) is 4.46. The molecule has 0 N–H and O–H groups in total. The van der Waals surface area contributed by atoms with Crippen molar-refractivity contribution in [1.82, 2.24) is 10.2 Å². The second kappa shape index (κ2) is 8.03. The van der Waals surface area contributed by atoms with Crippen molar-refractivity contribution in [2.75, 3.05) is 42.7 Å². The third-order valence-electron chi connectivity index (χ3n) is 3.00. The summed E-state index contributed by atoms with van der Waals surface area (Å²) in [7, 11) is 0. The Kier molecular flexibility index (Phi) is 5.79. The van der Waals surface area contributed by atoms with Gasteiger partial charge in [0.25, 0.3) is 0 Å². The van der Waals surface area contributed by atoms with Crippen molar-refractivity contribution in [2.45, 2.75) is 9.24 Å². The molecule has 2 aromatic rings. The molecule has 1 aliphatic rings. The van der Waals surface area contributed by atoms with Gasteiger partial charge in [0.15, 0.2) is 4.34 Å². The summed E-state index contributed by atoms with van der Waals surface area (Å²) < 4.78 is 6.42. The summed E-state index contributed by atoms with van der Waals surface area (Å²) in [6.45, 7) is 3.41. The molecule has 1 aromatic heterocycles. The van der Waals surface area contributed by atoms with E-state index in [1.54, 1.807) is 23.1 Å². The lowest BCUT2D eigenvalue weighted by Gasteiger charge is -2.25. The highest BCUT2D eigenvalue weighted by Crippen LogP contribution is 2.29. The van der Waals surface area contributed by atoms with E-state index in [1.165, 1.54) is 4.90 Å². The van der Waals surface area contributed by atoms with Gasteiger partial charge in [0.2, 0.25) is 5.13 Å². The number of benzene rings is 1. The van der Waals surface area contributed by atoms with E-state index in [4.69, 9.17) is 4.74 Å². The monoisotopic (exact) mass is 339 g/mol. The van der Waals surface area contributed by atoms with Crippen LogP contribution in [-0.4, -0.2) is 48.0 Å². The Morgan fingerprint density at radius 2 is 1.81 bits per heavy atom. The Balaban J connectivity index is 1.42. The standard InChI is InChI=1S/C14H17N3OS3/c1-2-4-12(5-3-1)19-10-11-20-14-16-15-13(21-14)17-6-8-18-9-7-17/h1-5H,6-11H2. The van der Waals surface area contributed by atoms with E-state index in [1.807, 2.05) is 17.8 Å². The van der Waals surface area contributed by atoms with Gasteiger partial charge in [-0.05, 0) is 12.1 Å². The topological polar surface area (TPSA) is 38.2 Å². The molecule has 0 atom stereocenters. The molecule has 21 heavy (non-hydrogen) atoms. The lowest BCUT2D eigenvalue weighted by molar-refractivity contribution is 0.122. The molecule has 0 unspecified atom stereocenters. The Bertz CT molecular complexity index is 543. The summed E-state index contributed by atoms with van der Waals surface area (Å²) in [6.07, 6.45) is 0. The summed E-state index contributed by atoms with van der Waals surface area (Å²) in [5, 5.41) is 9.59. The molecule has 1 aromatic carbocycles. The van der Waals surface area contributed by atoms with Crippen LogP contribution in [0.1, 0.15) is 0 Å². The van der Waals surface area contributed by atoms with E-state index in [9.17, 15) is 0 Å². The van der Waals surface area contributed by atoms with Crippen molar-refractivity contribution >= 4 is 40.0 Å². The van der Waals surface area contributed by atoms with E-state index < -0.39 is 0 Å². The van der Waals surface area contributed by atoms with Gasteiger partial charge in [0.1, 0.15) is 0 Å². The molecule has 0 saturated carbocycles. The summed E-state index contributed by atoms with van der Waals surface area (Å²) in [4.78, 5) is 3.58. The molecule has 0 amide bonds. The molecule has 0 aliphatic carbocycles. The Labute approximate surface area is 137 Å². The fourth-order valence-corrected chi connectivity index (χ4v) is 4.81. The molecule has 112 valence electrons. The SMILES string of the molecule is c1ccc(SCCSc2nnc(N3CCOCC3)s2)cc1. The van der Waals surface area contributed by atoms with Crippen LogP contribution >= 0.6 is 34.9 Å². The van der Waals surface area contributed by atoms with Crippen molar-refractivity contribution in [3.63, 3.8) is 0 Å². The lowest BCUT2D eigenvalue weighted by Crippen LogP contribution is -2.36. The molecule has 7 heteroatoms. The molecule has 0 spiro atoms. The second-order valence-corrected chi connectivity index (χ2v) is 7.93. The Morgan fingerprint density at radius 1 is 1.05 bits per heavy atom. The first-order valence-corrected chi connectivity index (χ1v) is 9.67. The molecule has 1 saturated heterocycles. The number of ether oxygens (including phenoxy) is 1. The zero-order valence-electron chi connectivity index (χ0n) is 11.6. The largest absolute Gasteiger partial charge is 0.378 e. The normalized spacial score (nSPS) is 15.3. The minimum absolute atomic E-state index is 0.787. The third-order valence-corrected chi connectivity index (χ3v) is 6.39. The number of thioether (sulfide) groups is 2. The van der Waals surface area contributed by atoms with Crippen LogP contribution < -0.4 is 4.90 Å². The quantitative estimate of drug-likeness (QED) is 0.594. The first-order chi connectivity index (χ1) is 10.4. The smallest absolute Gasteiger partial charge is 0.209 e. The van der Waals surface area contributed by atoms with E-state index in [2.05, 4.69) is 39.4 Å². The average Bonchev–Trinajstić information content (AvgIpc) is 3.02. The number of hydrogen-bond donors (Lipinski definition) is 0. The summed E-state index contributed by atoms with van der Waals surface area (Å²) in [5.74, 6) is 2.14. The van der Waals surface area contributed by atoms with Crippen LogP contribution in [0.4, 0.5) is 5.13 Å². The number of anilines is 1. The summed E-state index contributed by atoms with van der Waals surface area (Å²) in [6, 6.07) is 10.5. The van der Waals surface area contributed by atoms with Gasteiger partial charge in [-0.25, -0.2) is 0 Å². The first kappa shape index (κ1) is 15.1. The van der Waals surface area contributed by atoms with Crippen molar-refractivity contribution in [2.24, 2.45) is 0 Å². The number of nitrogens with zero attached hydrogens (tertiary/aromatic N) is 3. The van der Waals surface area contributed by atoms with Crippen LogP contribution in [0.3, 0.4) is 0 Å². The summed E-state index contributed by atoms with van der Waals surface area (Å²) in [5.41, 5.74) is 0. The molecule has 3 rings (SSSR count). The highest BCUT2D eigenvalue weighted by atomic mass is 32.2. The first-order valence-electron chi connectivity index (χ1n) is 6.89. The number of morpholine rings is 1. The highest BCUT2D eigenvalue weighted by Gasteiger charge is 2.15. The van der Waals surface area contributed by atoms with E-state index in [-0.39, 0.29) is 0 Å². The fraction of sp³-hybridized carbons (Fsp3) is 0.429. The molecule has 4 nitrogen and oxygen atoms in total. The molecule has 0 radical (unpaired) electrons. The van der Waals surface area contributed by atoms with Gasteiger partial charge in [-0.3, -0.25) is 0 Å². The van der Waals surface area contributed by atoms with Crippen LogP contribution in [0.5, 0.6) is 0 Å². The van der Waals surface area contributed by atoms with Crippen molar-refractivity contribution in [1.29, 1.82) is 0 Å². The minimum atomic E-state index is 0.787. The van der Waals surface area contributed by atoms with Gasteiger partial charge in [0, 0.05) is 29.5 Å². The van der Waals surface area contributed by atoms with Crippen LogP contribution in [-0.2, 0) is 4.74 Å². The van der Waals surface area contributed by atoms with Gasteiger partial charge in [-0.15, -0.1) is 22.0 Å². The van der Waals surface area contributed by atoms with Crippen LogP contribution in [0, 0.1) is 0 Å². The predicted molar refractivity (Wildman–Crippen MR) is 90.8 cm³/mol. The molecule has 1 aliphatic heterocycles. The fourth-order valence-electron chi connectivity index (χ4n) is 1.95. The van der Waals surface area contributed by atoms with Crippen LogP contribution in [0.2, 0.25) is 0 Å². The van der Waals surface area contributed by atoms with Gasteiger partial charge < -0.3 is 9.64 Å². The van der Waals surface area contributed by atoms with E-state index in [0.717, 1.165) is 47.3 Å². The third kappa shape index (κ3) is 4.60. The zero-order valence-corrected chi connectivity index (χ0v) is 14.1. The molecule has 1 fully saturated rings. The maximum Gasteiger partial charge on any atom is 0.209 e. The van der Waals surface area contributed by atoms with Crippen molar-refractivity contribution in [3.8, 4) is 0 Å². The van der Waals surface area contributed by atoms with Crippen molar-refractivity contribution in [3.05, 3.63) is 30.3 Å². The lowest BCUT2D eigenvalue weighted by atomic mass is 10.4. The molecular weight excluding hydrogens is 322 g/mol. The Hall–Kier alpha value is -0.760. The van der Waals surface area contributed by atoms with Crippen molar-refractivity contribution < 1.29 is 4.74 Å². The van der Waals surface area contributed by atoms with Gasteiger partial charge in [0.05, 0.1) is 13.2 Å². The van der Waals surface area contributed by atoms with Gasteiger partial charge in [-0.2, -0.15) is 0 Å². The number of aromatic nitrogens is 2. The highest BCUT2D eigenvalue weighted by molar-refractivity contribution is 8.03. The Morgan fingerprint density at radius 3 is 2.62 bits per heavy atom. The average molecular weight is 340 g/mol. The van der Waals surface area contributed by atoms with E-state index in [0.29, 0.717) is 0 Å². The predicted octanol–water partition coefficient (Wildman–Crippen LogP) is 3.26.